The molecule has 1 N–H and O–H groups in total. The molecule has 0 aromatic carbocycles. The topological polar surface area (TPSA) is 24.5 Å². The lowest BCUT2D eigenvalue weighted by molar-refractivity contribution is 0.129. The summed E-state index contributed by atoms with van der Waals surface area (Å²) in [6, 6.07) is 0.571. The Hall–Kier alpha value is -0.120. The smallest absolute Gasteiger partial charge is 0.0623 e. The number of hydrogen-bond donors (Lipinski definition) is 1. The predicted molar refractivity (Wildman–Crippen MR) is 66.7 cm³/mol. The summed E-state index contributed by atoms with van der Waals surface area (Å²) in [5.41, 5.74) is 0.402. The molecule has 0 aromatic rings. The number of ether oxygens (including phenoxy) is 1. The van der Waals surface area contributed by atoms with Gasteiger partial charge < -0.3 is 10.1 Å². The van der Waals surface area contributed by atoms with Crippen LogP contribution in [-0.4, -0.2) is 49.3 Å². The van der Waals surface area contributed by atoms with Crippen molar-refractivity contribution < 1.29 is 4.74 Å². The first-order valence-corrected chi connectivity index (χ1v) is 6.69. The van der Waals surface area contributed by atoms with E-state index in [2.05, 4.69) is 31.0 Å². The van der Waals surface area contributed by atoms with Gasteiger partial charge in [-0.05, 0) is 39.8 Å². The van der Waals surface area contributed by atoms with Gasteiger partial charge in [0, 0.05) is 24.0 Å². The molecular weight excluding hydrogens is 200 g/mol. The zero-order valence-corrected chi connectivity index (χ0v) is 11.0. The van der Waals surface area contributed by atoms with Gasteiger partial charge in [0.2, 0.25) is 0 Å². The Labute approximate surface area is 99.5 Å². The van der Waals surface area contributed by atoms with Crippen molar-refractivity contribution in [1.29, 1.82) is 0 Å². The van der Waals surface area contributed by atoms with Crippen LogP contribution in [0.1, 0.15) is 33.6 Å². The number of likely N-dealkylation sites (N-methyl/N-ethyl adjacent to an activating group) is 1. The van der Waals surface area contributed by atoms with Crippen LogP contribution < -0.4 is 5.32 Å². The van der Waals surface area contributed by atoms with Gasteiger partial charge in [-0.3, -0.25) is 4.90 Å². The molecule has 2 saturated heterocycles. The van der Waals surface area contributed by atoms with Crippen LogP contribution in [0.5, 0.6) is 0 Å². The van der Waals surface area contributed by atoms with E-state index in [1.54, 1.807) is 0 Å². The lowest BCUT2D eigenvalue weighted by Crippen LogP contribution is -2.46. The number of nitrogens with one attached hydrogen (secondary N) is 1. The monoisotopic (exact) mass is 226 g/mol. The second-order valence-electron chi connectivity index (χ2n) is 5.82. The maximum Gasteiger partial charge on any atom is 0.0623 e. The highest BCUT2D eigenvalue weighted by molar-refractivity contribution is 4.92. The molecule has 3 nitrogen and oxygen atoms in total. The van der Waals surface area contributed by atoms with Crippen molar-refractivity contribution in [3.8, 4) is 0 Å². The van der Waals surface area contributed by atoms with Crippen molar-refractivity contribution in [2.45, 2.75) is 45.2 Å². The van der Waals surface area contributed by atoms with Crippen molar-refractivity contribution in [3.05, 3.63) is 0 Å². The SMILES string of the molecule is CCNC1COCC1CN1CCCC1(C)C. The van der Waals surface area contributed by atoms with E-state index >= 15 is 0 Å². The average molecular weight is 226 g/mol. The van der Waals surface area contributed by atoms with Crippen molar-refractivity contribution in [1.82, 2.24) is 10.2 Å². The Morgan fingerprint density at radius 1 is 1.38 bits per heavy atom. The maximum absolute atomic E-state index is 5.61. The number of rotatable bonds is 4. The Morgan fingerprint density at radius 2 is 2.19 bits per heavy atom. The predicted octanol–water partition coefficient (Wildman–Crippen LogP) is 1.49. The number of likely N-dealkylation sites (tertiary alicyclic amines) is 1. The summed E-state index contributed by atoms with van der Waals surface area (Å²) < 4.78 is 5.61. The second-order valence-corrected chi connectivity index (χ2v) is 5.82. The minimum atomic E-state index is 0.402. The van der Waals surface area contributed by atoms with Crippen LogP contribution in [-0.2, 0) is 4.74 Å². The van der Waals surface area contributed by atoms with Crippen LogP contribution in [0.4, 0.5) is 0 Å². The first-order chi connectivity index (χ1) is 7.63. The van der Waals surface area contributed by atoms with Gasteiger partial charge in [-0.25, -0.2) is 0 Å². The summed E-state index contributed by atoms with van der Waals surface area (Å²) in [7, 11) is 0. The normalized spacial score (nSPS) is 34.7. The molecule has 0 amide bonds. The van der Waals surface area contributed by atoms with Crippen LogP contribution in [0.15, 0.2) is 0 Å². The lowest BCUT2D eigenvalue weighted by atomic mass is 9.98. The van der Waals surface area contributed by atoms with Gasteiger partial charge in [0.1, 0.15) is 0 Å². The standard InChI is InChI=1S/C13H26N2O/c1-4-14-12-10-16-9-11(12)8-15-7-5-6-13(15,2)3/h11-12,14H,4-10H2,1-3H3. The molecular formula is C13H26N2O. The van der Waals surface area contributed by atoms with E-state index in [9.17, 15) is 0 Å². The first-order valence-electron chi connectivity index (χ1n) is 6.69. The Balaban J connectivity index is 1.88. The molecule has 2 fully saturated rings. The fourth-order valence-corrected chi connectivity index (χ4v) is 3.05. The number of hydrogen-bond acceptors (Lipinski definition) is 3. The molecule has 94 valence electrons. The third kappa shape index (κ3) is 2.58. The molecule has 0 saturated carbocycles. The molecule has 3 heteroatoms. The van der Waals surface area contributed by atoms with Gasteiger partial charge >= 0.3 is 0 Å². The summed E-state index contributed by atoms with van der Waals surface area (Å²) >= 11 is 0. The summed E-state index contributed by atoms with van der Waals surface area (Å²) in [5, 5.41) is 3.54. The highest BCUT2D eigenvalue weighted by atomic mass is 16.5. The lowest BCUT2D eigenvalue weighted by Gasteiger charge is -2.34. The van der Waals surface area contributed by atoms with Crippen LogP contribution in [0, 0.1) is 5.92 Å². The van der Waals surface area contributed by atoms with E-state index in [-0.39, 0.29) is 0 Å². The summed E-state index contributed by atoms with van der Waals surface area (Å²) in [6.07, 6.45) is 2.69. The molecule has 0 radical (unpaired) electrons. The fourth-order valence-electron chi connectivity index (χ4n) is 3.05. The minimum Gasteiger partial charge on any atom is -0.379 e. The van der Waals surface area contributed by atoms with Gasteiger partial charge in [-0.15, -0.1) is 0 Å². The van der Waals surface area contributed by atoms with E-state index in [4.69, 9.17) is 4.74 Å². The average Bonchev–Trinajstić information content (AvgIpc) is 2.77. The van der Waals surface area contributed by atoms with Gasteiger partial charge in [-0.2, -0.15) is 0 Å². The zero-order valence-electron chi connectivity index (χ0n) is 11.0. The van der Waals surface area contributed by atoms with Crippen molar-refractivity contribution in [2.75, 3.05) is 32.8 Å². The highest BCUT2D eigenvalue weighted by Crippen LogP contribution is 2.30. The van der Waals surface area contributed by atoms with Gasteiger partial charge in [0.25, 0.3) is 0 Å². The maximum atomic E-state index is 5.61. The molecule has 0 aliphatic carbocycles. The molecule has 2 rings (SSSR count). The molecule has 16 heavy (non-hydrogen) atoms. The molecule has 2 aliphatic heterocycles. The Bertz CT molecular complexity index is 230. The minimum absolute atomic E-state index is 0.402. The fraction of sp³-hybridized carbons (Fsp3) is 1.00. The second kappa shape index (κ2) is 5.03. The van der Waals surface area contributed by atoms with E-state index in [0.29, 0.717) is 17.5 Å². The zero-order chi connectivity index (χ0) is 11.6. The van der Waals surface area contributed by atoms with E-state index in [1.807, 2.05) is 0 Å². The van der Waals surface area contributed by atoms with Gasteiger partial charge in [0.15, 0.2) is 0 Å². The molecule has 2 unspecified atom stereocenters. The third-order valence-corrected chi connectivity index (χ3v) is 4.19. The van der Waals surface area contributed by atoms with Crippen LogP contribution >= 0.6 is 0 Å². The molecule has 0 aromatic heterocycles. The highest BCUT2D eigenvalue weighted by Gasteiger charge is 2.36. The van der Waals surface area contributed by atoms with E-state index in [0.717, 1.165) is 19.8 Å². The third-order valence-electron chi connectivity index (χ3n) is 4.19. The van der Waals surface area contributed by atoms with Crippen LogP contribution in [0.2, 0.25) is 0 Å². The summed E-state index contributed by atoms with van der Waals surface area (Å²) in [4.78, 5) is 2.65. The van der Waals surface area contributed by atoms with E-state index in [1.165, 1.54) is 25.9 Å². The Kier molecular flexibility index (Phi) is 3.88. The quantitative estimate of drug-likeness (QED) is 0.786. The molecule has 0 spiro atoms. The van der Waals surface area contributed by atoms with Crippen molar-refractivity contribution >= 4 is 0 Å². The van der Waals surface area contributed by atoms with Gasteiger partial charge in [-0.1, -0.05) is 6.92 Å². The van der Waals surface area contributed by atoms with Crippen molar-refractivity contribution in [3.63, 3.8) is 0 Å². The summed E-state index contributed by atoms with van der Waals surface area (Å²) in [6.45, 7) is 12.3. The van der Waals surface area contributed by atoms with E-state index < -0.39 is 0 Å². The molecule has 0 bridgehead atoms. The first kappa shape index (κ1) is 12.3. The summed E-state index contributed by atoms with van der Waals surface area (Å²) in [5.74, 6) is 0.678. The number of nitrogens with zero attached hydrogens (tertiary/aromatic N) is 1. The largest absolute Gasteiger partial charge is 0.379 e. The van der Waals surface area contributed by atoms with Crippen LogP contribution in [0.25, 0.3) is 0 Å². The molecule has 2 atom stereocenters. The van der Waals surface area contributed by atoms with Crippen molar-refractivity contribution in [2.24, 2.45) is 5.92 Å². The molecule has 2 aliphatic rings. The van der Waals surface area contributed by atoms with Gasteiger partial charge in [0.05, 0.1) is 13.2 Å². The Morgan fingerprint density at radius 3 is 2.81 bits per heavy atom. The molecule has 2 heterocycles. The van der Waals surface area contributed by atoms with Crippen LogP contribution in [0.3, 0.4) is 0 Å².